The Morgan fingerprint density at radius 3 is 2.56 bits per heavy atom. The molecule has 4 heteroatoms. The van der Waals surface area contributed by atoms with Gasteiger partial charge in [-0.2, -0.15) is 0 Å². The number of halogens is 1. The lowest BCUT2D eigenvalue weighted by Crippen LogP contribution is -2.32. The largest absolute Gasteiger partial charge is 0.481 e. The van der Waals surface area contributed by atoms with Crippen molar-refractivity contribution in [3.05, 3.63) is 35.6 Å². The van der Waals surface area contributed by atoms with Crippen molar-refractivity contribution in [2.24, 2.45) is 5.41 Å². The van der Waals surface area contributed by atoms with Gasteiger partial charge in [-0.25, -0.2) is 4.39 Å². The van der Waals surface area contributed by atoms with Crippen molar-refractivity contribution in [2.75, 3.05) is 13.1 Å². The average molecular weight is 251 g/mol. The first kappa shape index (κ1) is 13.0. The lowest BCUT2D eigenvalue weighted by atomic mass is 9.90. The Labute approximate surface area is 106 Å². The molecule has 0 radical (unpaired) electrons. The van der Waals surface area contributed by atoms with Gasteiger partial charge >= 0.3 is 5.97 Å². The first-order chi connectivity index (χ1) is 8.42. The molecule has 1 saturated heterocycles. The Bertz CT molecular complexity index is 446. The van der Waals surface area contributed by atoms with Gasteiger partial charge < -0.3 is 5.11 Å². The molecule has 2 rings (SSSR count). The standard InChI is InChI=1S/C14H18FNO2/c1-10(11-3-5-12(15)6-4-11)16-8-7-14(2,9-16)13(17)18/h3-6,10H,7-9H2,1-2H3,(H,17,18). The maximum atomic E-state index is 12.9. The van der Waals surface area contributed by atoms with Gasteiger partial charge in [0.2, 0.25) is 0 Å². The smallest absolute Gasteiger partial charge is 0.310 e. The van der Waals surface area contributed by atoms with Gasteiger partial charge in [-0.1, -0.05) is 12.1 Å². The second kappa shape index (κ2) is 4.69. The molecule has 18 heavy (non-hydrogen) atoms. The maximum Gasteiger partial charge on any atom is 0.310 e. The van der Waals surface area contributed by atoms with Gasteiger partial charge in [-0.15, -0.1) is 0 Å². The van der Waals surface area contributed by atoms with Crippen LogP contribution in [-0.4, -0.2) is 29.1 Å². The molecule has 0 aliphatic carbocycles. The van der Waals surface area contributed by atoms with Gasteiger partial charge in [-0.05, 0) is 44.5 Å². The lowest BCUT2D eigenvalue weighted by molar-refractivity contribution is -0.147. The Balaban J connectivity index is 2.10. The maximum absolute atomic E-state index is 12.9. The number of aliphatic carboxylic acids is 1. The van der Waals surface area contributed by atoms with E-state index in [4.69, 9.17) is 0 Å². The van der Waals surface area contributed by atoms with Crippen LogP contribution in [0.2, 0.25) is 0 Å². The first-order valence-corrected chi connectivity index (χ1v) is 6.15. The van der Waals surface area contributed by atoms with E-state index in [1.54, 1.807) is 19.1 Å². The Kier molecular flexibility index (Phi) is 3.39. The molecule has 0 amide bonds. The van der Waals surface area contributed by atoms with Crippen LogP contribution in [0.5, 0.6) is 0 Å². The van der Waals surface area contributed by atoms with E-state index in [0.717, 1.165) is 12.1 Å². The molecule has 1 N–H and O–H groups in total. The molecule has 1 heterocycles. The van der Waals surface area contributed by atoms with Crippen LogP contribution < -0.4 is 0 Å². The highest BCUT2D eigenvalue weighted by Gasteiger charge is 2.41. The van der Waals surface area contributed by atoms with E-state index in [2.05, 4.69) is 4.90 Å². The molecular formula is C14H18FNO2. The summed E-state index contributed by atoms with van der Waals surface area (Å²) in [6.45, 7) is 5.12. The zero-order valence-electron chi connectivity index (χ0n) is 10.7. The number of benzene rings is 1. The van der Waals surface area contributed by atoms with Crippen LogP contribution in [-0.2, 0) is 4.79 Å². The number of carbonyl (C=O) groups is 1. The summed E-state index contributed by atoms with van der Waals surface area (Å²) in [7, 11) is 0. The van der Waals surface area contributed by atoms with E-state index < -0.39 is 11.4 Å². The predicted octanol–water partition coefficient (Wildman–Crippen LogP) is 2.68. The van der Waals surface area contributed by atoms with Crippen LogP contribution >= 0.6 is 0 Å². The number of hydrogen-bond donors (Lipinski definition) is 1. The third-order valence-corrected chi connectivity index (χ3v) is 3.92. The van der Waals surface area contributed by atoms with Gasteiger partial charge in [0, 0.05) is 12.6 Å². The fraction of sp³-hybridized carbons (Fsp3) is 0.500. The Hall–Kier alpha value is -1.42. The quantitative estimate of drug-likeness (QED) is 0.898. The second-order valence-electron chi connectivity index (χ2n) is 5.31. The molecule has 2 atom stereocenters. The molecule has 1 aromatic carbocycles. The van der Waals surface area contributed by atoms with Crippen LogP contribution in [0.1, 0.15) is 31.9 Å². The van der Waals surface area contributed by atoms with E-state index in [1.807, 2.05) is 6.92 Å². The van der Waals surface area contributed by atoms with Crippen LogP contribution in [0.4, 0.5) is 4.39 Å². The van der Waals surface area contributed by atoms with E-state index in [1.165, 1.54) is 12.1 Å². The summed E-state index contributed by atoms with van der Waals surface area (Å²) in [6.07, 6.45) is 0.661. The fourth-order valence-electron chi connectivity index (χ4n) is 2.45. The van der Waals surface area contributed by atoms with Crippen LogP contribution in [0, 0.1) is 11.2 Å². The van der Waals surface area contributed by atoms with Crippen molar-refractivity contribution in [1.82, 2.24) is 4.90 Å². The van der Waals surface area contributed by atoms with Gasteiger partial charge in [0.05, 0.1) is 5.41 Å². The molecule has 1 aliphatic heterocycles. The summed E-state index contributed by atoms with van der Waals surface area (Å²) in [4.78, 5) is 13.3. The molecule has 1 aliphatic rings. The van der Waals surface area contributed by atoms with Gasteiger partial charge in [0.15, 0.2) is 0 Å². The number of hydrogen-bond acceptors (Lipinski definition) is 2. The number of carboxylic acid groups (broad SMARTS) is 1. The summed E-state index contributed by atoms with van der Waals surface area (Å²) < 4.78 is 12.9. The lowest BCUT2D eigenvalue weighted by Gasteiger charge is -2.26. The Morgan fingerprint density at radius 2 is 2.06 bits per heavy atom. The Morgan fingerprint density at radius 1 is 1.44 bits per heavy atom. The molecular weight excluding hydrogens is 233 g/mol. The summed E-state index contributed by atoms with van der Waals surface area (Å²) in [6, 6.07) is 6.52. The molecule has 1 aromatic rings. The van der Waals surface area contributed by atoms with E-state index >= 15 is 0 Å². The van der Waals surface area contributed by atoms with Crippen LogP contribution in [0.15, 0.2) is 24.3 Å². The average Bonchev–Trinajstić information content (AvgIpc) is 2.73. The van der Waals surface area contributed by atoms with Gasteiger partial charge in [-0.3, -0.25) is 9.69 Å². The number of likely N-dealkylation sites (tertiary alicyclic amines) is 1. The van der Waals surface area contributed by atoms with Crippen molar-refractivity contribution in [2.45, 2.75) is 26.3 Å². The van der Waals surface area contributed by atoms with Crippen molar-refractivity contribution in [3.8, 4) is 0 Å². The van der Waals surface area contributed by atoms with E-state index in [0.29, 0.717) is 13.0 Å². The summed E-state index contributed by atoms with van der Waals surface area (Å²) in [5.74, 6) is -0.987. The van der Waals surface area contributed by atoms with Gasteiger partial charge in [0.25, 0.3) is 0 Å². The molecule has 0 aromatic heterocycles. The zero-order chi connectivity index (χ0) is 13.3. The summed E-state index contributed by atoms with van der Waals surface area (Å²) >= 11 is 0. The molecule has 0 spiro atoms. The SMILES string of the molecule is CC(c1ccc(F)cc1)N1CCC(C)(C(=O)O)C1. The summed E-state index contributed by atoms with van der Waals surface area (Å²) in [5, 5.41) is 9.20. The highest BCUT2D eigenvalue weighted by atomic mass is 19.1. The van der Waals surface area contributed by atoms with E-state index in [9.17, 15) is 14.3 Å². The van der Waals surface area contributed by atoms with Crippen molar-refractivity contribution in [1.29, 1.82) is 0 Å². The number of carboxylic acids is 1. The summed E-state index contributed by atoms with van der Waals surface area (Å²) in [5.41, 5.74) is 0.361. The predicted molar refractivity (Wildman–Crippen MR) is 66.7 cm³/mol. The van der Waals surface area contributed by atoms with Crippen molar-refractivity contribution >= 4 is 5.97 Å². The molecule has 2 unspecified atom stereocenters. The number of rotatable bonds is 3. The van der Waals surface area contributed by atoms with Gasteiger partial charge in [0.1, 0.15) is 5.82 Å². The zero-order valence-corrected chi connectivity index (χ0v) is 10.7. The minimum atomic E-state index is -0.740. The minimum absolute atomic E-state index is 0.117. The monoisotopic (exact) mass is 251 g/mol. The van der Waals surface area contributed by atoms with E-state index in [-0.39, 0.29) is 11.9 Å². The molecule has 0 saturated carbocycles. The third kappa shape index (κ3) is 2.38. The third-order valence-electron chi connectivity index (χ3n) is 3.92. The van der Waals surface area contributed by atoms with Crippen LogP contribution in [0.3, 0.4) is 0 Å². The highest BCUT2D eigenvalue weighted by Crippen LogP contribution is 2.35. The fourth-order valence-corrected chi connectivity index (χ4v) is 2.45. The van der Waals surface area contributed by atoms with Crippen molar-refractivity contribution < 1.29 is 14.3 Å². The topological polar surface area (TPSA) is 40.5 Å². The molecule has 0 bridgehead atoms. The highest BCUT2D eigenvalue weighted by molar-refractivity contribution is 5.74. The molecule has 98 valence electrons. The first-order valence-electron chi connectivity index (χ1n) is 6.15. The number of nitrogens with zero attached hydrogens (tertiary/aromatic N) is 1. The molecule has 3 nitrogen and oxygen atoms in total. The minimum Gasteiger partial charge on any atom is -0.481 e. The molecule has 1 fully saturated rings. The second-order valence-corrected chi connectivity index (χ2v) is 5.31. The van der Waals surface area contributed by atoms with Crippen LogP contribution in [0.25, 0.3) is 0 Å². The van der Waals surface area contributed by atoms with Crippen molar-refractivity contribution in [3.63, 3.8) is 0 Å². The normalized spacial score (nSPS) is 26.2.